The minimum Gasteiger partial charge on any atom is -0.447 e. The molecule has 1 fully saturated rings. The molecular weight excluding hydrogens is 202 g/mol. The van der Waals surface area contributed by atoms with Crippen LogP contribution >= 0.6 is 0 Å². The Labute approximate surface area is 96.0 Å². The zero-order chi connectivity index (χ0) is 11.5. The molecule has 1 aromatic rings. The number of hydrogen-bond donors (Lipinski definition) is 0. The van der Waals surface area contributed by atoms with Crippen LogP contribution in [0.2, 0.25) is 0 Å². The number of amides is 1. The van der Waals surface area contributed by atoms with Crippen molar-refractivity contribution in [3.8, 4) is 0 Å². The number of nitrogens with zero attached hydrogens (tertiary/aromatic N) is 1. The maximum Gasteiger partial charge on any atom is 0.410 e. The topological polar surface area (TPSA) is 29.5 Å². The predicted octanol–water partition coefficient (Wildman–Crippen LogP) is 2.98. The molecule has 1 aromatic carbocycles. The number of benzene rings is 1. The van der Waals surface area contributed by atoms with E-state index >= 15 is 0 Å². The Morgan fingerprint density at radius 1 is 1.44 bits per heavy atom. The molecule has 16 heavy (non-hydrogen) atoms. The third-order valence-corrected chi connectivity index (χ3v) is 3.16. The van der Waals surface area contributed by atoms with Gasteiger partial charge in [0.25, 0.3) is 0 Å². The fourth-order valence-corrected chi connectivity index (χ4v) is 2.05. The highest BCUT2D eigenvalue weighted by molar-refractivity contribution is 5.71. The smallest absolute Gasteiger partial charge is 0.410 e. The second-order valence-electron chi connectivity index (χ2n) is 4.17. The Morgan fingerprint density at radius 2 is 2.12 bits per heavy atom. The Kier molecular flexibility index (Phi) is 3.13. The zero-order valence-corrected chi connectivity index (χ0v) is 9.72. The highest BCUT2D eigenvalue weighted by Crippen LogP contribution is 2.30. The highest BCUT2D eigenvalue weighted by atomic mass is 16.6. The van der Waals surface area contributed by atoms with Gasteiger partial charge < -0.3 is 4.74 Å². The number of carbonyl (C=O) groups excluding carboxylic acids is 1. The van der Waals surface area contributed by atoms with Crippen molar-refractivity contribution in [3.05, 3.63) is 35.9 Å². The van der Waals surface area contributed by atoms with E-state index in [2.05, 4.69) is 13.8 Å². The van der Waals surface area contributed by atoms with Gasteiger partial charge in [-0.05, 0) is 18.9 Å². The largest absolute Gasteiger partial charge is 0.447 e. The van der Waals surface area contributed by atoms with Crippen LogP contribution in [0.3, 0.4) is 0 Å². The van der Waals surface area contributed by atoms with Crippen LogP contribution in [0.15, 0.2) is 30.3 Å². The normalized spacial score (nSPS) is 22.0. The van der Waals surface area contributed by atoms with Gasteiger partial charge in [0.2, 0.25) is 0 Å². The van der Waals surface area contributed by atoms with Crippen molar-refractivity contribution in [3.63, 3.8) is 0 Å². The first-order valence-electron chi connectivity index (χ1n) is 5.74. The molecule has 3 nitrogen and oxygen atoms in total. The monoisotopic (exact) mass is 219 g/mol. The number of cyclic esters (lactones) is 1. The summed E-state index contributed by atoms with van der Waals surface area (Å²) >= 11 is 0. The van der Waals surface area contributed by atoms with Crippen molar-refractivity contribution in [2.24, 2.45) is 0 Å². The lowest BCUT2D eigenvalue weighted by molar-refractivity contribution is 0.146. The number of rotatable bonds is 3. The lowest BCUT2D eigenvalue weighted by Gasteiger charge is -2.27. The van der Waals surface area contributed by atoms with E-state index in [1.54, 1.807) is 0 Å². The van der Waals surface area contributed by atoms with Crippen molar-refractivity contribution in [2.45, 2.75) is 32.4 Å². The van der Waals surface area contributed by atoms with Gasteiger partial charge in [-0.1, -0.05) is 37.3 Å². The van der Waals surface area contributed by atoms with E-state index in [1.165, 1.54) is 0 Å². The van der Waals surface area contributed by atoms with Gasteiger partial charge >= 0.3 is 6.09 Å². The third kappa shape index (κ3) is 1.90. The summed E-state index contributed by atoms with van der Waals surface area (Å²) in [5.41, 5.74) is 1.15. The quantitative estimate of drug-likeness (QED) is 0.782. The van der Waals surface area contributed by atoms with Crippen LogP contribution in [-0.2, 0) is 4.74 Å². The van der Waals surface area contributed by atoms with Gasteiger partial charge in [0.1, 0.15) is 6.61 Å². The first-order chi connectivity index (χ1) is 7.74. The van der Waals surface area contributed by atoms with Crippen LogP contribution in [0.4, 0.5) is 4.79 Å². The highest BCUT2D eigenvalue weighted by Gasteiger charge is 2.36. The molecule has 1 aliphatic rings. The molecule has 1 aliphatic heterocycles. The molecule has 0 unspecified atom stereocenters. The molecule has 0 aromatic heterocycles. The Morgan fingerprint density at radius 3 is 2.75 bits per heavy atom. The summed E-state index contributed by atoms with van der Waals surface area (Å²) in [7, 11) is 0. The molecule has 0 N–H and O–H groups in total. The number of ether oxygens (including phenoxy) is 1. The first-order valence-corrected chi connectivity index (χ1v) is 5.74. The van der Waals surface area contributed by atoms with E-state index in [-0.39, 0.29) is 18.2 Å². The van der Waals surface area contributed by atoms with Crippen molar-refractivity contribution in [1.29, 1.82) is 0 Å². The van der Waals surface area contributed by atoms with Crippen molar-refractivity contribution < 1.29 is 9.53 Å². The molecular formula is C13H17NO2. The fraction of sp³-hybridized carbons (Fsp3) is 0.462. The van der Waals surface area contributed by atoms with Gasteiger partial charge in [-0.3, -0.25) is 4.90 Å². The van der Waals surface area contributed by atoms with Crippen molar-refractivity contribution in [2.75, 3.05) is 6.61 Å². The van der Waals surface area contributed by atoms with Crippen LogP contribution in [0.5, 0.6) is 0 Å². The lowest BCUT2D eigenvalue weighted by atomic mass is 10.1. The van der Waals surface area contributed by atoms with Crippen molar-refractivity contribution >= 4 is 6.09 Å². The summed E-state index contributed by atoms with van der Waals surface area (Å²) in [6.07, 6.45) is 0.751. The predicted molar refractivity (Wildman–Crippen MR) is 62.1 cm³/mol. The molecule has 1 amide bonds. The molecule has 86 valence electrons. The second-order valence-corrected chi connectivity index (χ2v) is 4.17. The SMILES string of the molecule is CC[C@@H](C)N1C(=O)OC[C@H]1c1ccccc1. The summed E-state index contributed by atoms with van der Waals surface area (Å²) in [5, 5.41) is 0. The van der Waals surface area contributed by atoms with Crippen LogP contribution < -0.4 is 0 Å². The minimum absolute atomic E-state index is 0.0728. The Bertz CT molecular complexity index is 363. The van der Waals surface area contributed by atoms with Gasteiger partial charge in [0.05, 0.1) is 6.04 Å². The van der Waals surface area contributed by atoms with E-state index in [0.717, 1.165) is 12.0 Å². The second kappa shape index (κ2) is 4.56. The summed E-state index contributed by atoms with van der Waals surface area (Å²) < 4.78 is 5.14. The van der Waals surface area contributed by atoms with Gasteiger partial charge in [-0.15, -0.1) is 0 Å². The maximum atomic E-state index is 11.7. The Balaban J connectivity index is 2.24. The average Bonchev–Trinajstić information content (AvgIpc) is 2.71. The van der Waals surface area contributed by atoms with Gasteiger partial charge in [0, 0.05) is 6.04 Å². The van der Waals surface area contributed by atoms with E-state index in [9.17, 15) is 4.79 Å². The van der Waals surface area contributed by atoms with E-state index in [4.69, 9.17) is 4.74 Å². The first kappa shape index (κ1) is 11.0. The molecule has 1 heterocycles. The fourth-order valence-electron chi connectivity index (χ4n) is 2.05. The molecule has 3 heteroatoms. The van der Waals surface area contributed by atoms with Crippen molar-refractivity contribution in [1.82, 2.24) is 4.90 Å². The molecule has 0 radical (unpaired) electrons. The molecule has 2 rings (SSSR count). The van der Waals surface area contributed by atoms with Crippen LogP contribution in [0.25, 0.3) is 0 Å². The molecule has 0 aliphatic carbocycles. The molecule has 2 atom stereocenters. The zero-order valence-electron chi connectivity index (χ0n) is 9.72. The summed E-state index contributed by atoms with van der Waals surface area (Å²) in [6, 6.07) is 10.3. The molecule has 0 bridgehead atoms. The Hall–Kier alpha value is -1.51. The third-order valence-electron chi connectivity index (χ3n) is 3.16. The molecule has 0 saturated carbocycles. The van der Waals surface area contributed by atoms with E-state index < -0.39 is 0 Å². The van der Waals surface area contributed by atoms with E-state index in [1.807, 2.05) is 35.2 Å². The minimum atomic E-state index is -0.191. The van der Waals surface area contributed by atoms with Crippen LogP contribution in [0.1, 0.15) is 31.9 Å². The van der Waals surface area contributed by atoms with Gasteiger partial charge in [-0.2, -0.15) is 0 Å². The summed E-state index contributed by atoms with van der Waals surface area (Å²) in [6.45, 7) is 4.61. The van der Waals surface area contributed by atoms with E-state index in [0.29, 0.717) is 6.61 Å². The van der Waals surface area contributed by atoms with Crippen LogP contribution in [-0.4, -0.2) is 23.6 Å². The van der Waals surface area contributed by atoms with Gasteiger partial charge in [-0.25, -0.2) is 4.79 Å². The number of carbonyl (C=O) groups is 1. The average molecular weight is 219 g/mol. The molecule has 0 spiro atoms. The standard InChI is InChI=1S/C13H17NO2/c1-3-10(2)14-12(9-16-13(14)15)11-7-5-4-6-8-11/h4-8,10,12H,3,9H2,1-2H3/t10-,12+/m1/s1. The van der Waals surface area contributed by atoms with Gasteiger partial charge in [0.15, 0.2) is 0 Å². The lowest BCUT2D eigenvalue weighted by Crippen LogP contribution is -2.35. The molecule has 1 saturated heterocycles. The number of hydrogen-bond acceptors (Lipinski definition) is 2. The van der Waals surface area contributed by atoms with Crippen LogP contribution in [0, 0.1) is 0 Å². The summed E-state index contributed by atoms with van der Waals surface area (Å²) in [4.78, 5) is 13.5. The summed E-state index contributed by atoms with van der Waals surface area (Å²) in [5.74, 6) is 0. The maximum absolute atomic E-state index is 11.7.